The molecule has 0 saturated carbocycles. The van der Waals surface area contributed by atoms with Gasteiger partial charge in [-0.25, -0.2) is 4.79 Å². The summed E-state index contributed by atoms with van der Waals surface area (Å²) >= 11 is 0. The van der Waals surface area contributed by atoms with Crippen LogP contribution in [0.1, 0.15) is 40.0 Å². The van der Waals surface area contributed by atoms with Crippen molar-refractivity contribution in [3.05, 3.63) is 70.8 Å². The summed E-state index contributed by atoms with van der Waals surface area (Å²) in [7, 11) is 1.80. The van der Waals surface area contributed by atoms with Crippen LogP contribution in [0, 0.1) is 6.92 Å². The van der Waals surface area contributed by atoms with Gasteiger partial charge in [-0.1, -0.05) is 36.4 Å². The number of rotatable bonds is 5. The number of carboxylic acid groups (broad SMARTS) is 1. The molecule has 0 aliphatic heterocycles. The topological polar surface area (TPSA) is 57.6 Å². The normalized spacial score (nSPS) is 11.8. The molecule has 0 bridgehead atoms. The number of carboxylic acids is 1. The minimum Gasteiger partial charge on any atom is -0.478 e. The Morgan fingerprint density at radius 1 is 1.09 bits per heavy atom. The van der Waals surface area contributed by atoms with E-state index in [0.29, 0.717) is 0 Å². The number of likely N-dealkylation sites (N-methyl/N-ethyl adjacent to an activating group) is 1. The zero-order valence-corrected chi connectivity index (χ0v) is 13.6. The van der Waals surface area contributed by atoms with Gasteiger partial charge in [0.25, 0.3) is 0 Å². The number of amides is 1. The predicted octanol–water partition coefficient (Wildman–Crippen LogP) is 3.46. The summed E-state index contributed by atoms with van der Waals surface area (Å²) < 4.78 is 0. The fourth-order valence-corrected chi connectivity index (χ4v) is 2.54. The van der Waals surface area contributed by atoms with Crippen molar-refractivity contribution in [2.45, 2.75) is 26.3 Å². The molecule has 0 aliphatic rings. The molecule has 0 fully saturated rings. The number of aromatic carboxylic acids is 1. The first-order valence-corrected chi connectivity index (χ1v) is 7.53. The Morgan fingerprint density at radius 3 is 2.26 bits per heavy atom. The van der Waals surface area contributed by atoms with Gasteiger partial charge in [0.2, 0.25) is 5.91 Å². The van der Waals surface area contributed by atoms with E-state index in [1.807, 2.05) is 38.1 Å². The summed E-state index contributed by atoms with van der Waals surface area (Å²) in [4.78, 5) is 25.0. The molecule has 1 unspecified atom stereocenters. The van der Waals surface area contributed by atoms with Crippen molar-refractivity contribution in [3.63, 3.8) is 0 Å². The first-order chi connectivity index (χ1) is 10.9. The maximum absolute atomic E-state index is 12.5. The number of aryl methyl sites for hydroxylation is 1. The van der Waals surface area contributed by atoms with Crippen LogP contribution in [-0.4, -0.2) is 28.9 Å². The second kappa shape index (κ2) is 7.09. The van der Waals surface area contributed by atoms with Crippen molar-refractivity contribution in [2.75, 3.05) is 7.05 Å². The molecular weight excluding hydrogens is 290 g/mol. The Kier molecular flexibility index (Phi) is 5.16. The largest absolute Gasteiger partial charge is 0.478 e. The molecule has 2 rings (SSSR count). The molecule has 0 saturated heterocycles. The summed E-state index contributed by atoms with van der Waals surface area (Å²) in [5.74, 6) is -0.961. The first kappa shape index (κ1) is 16.7. The maximum Gasteiger partial charge on any atom is 0.335 e. The SMILES string of the molecule is Cc1ccccc1C(C)N(C)C(=O)Cc1ccc(C(=O)O)cc1. The van der Waals surface area contributed by atoms with E-state index in [2.05, 4.69) is 0 Å². The van der Waals surface area contributed by atoms with Gasteiger partial charge in [-0.15, -0.1) is 0 Å². The standard InChI is InChI=1S/C19H21NO3/c1-13-6-4-5-7-17(13)14(2)20(3)18(21)12-15-8-10-16(11-9-15)19(22)23/h4-11,14H,12H2,1-3H3,(H,22,23). The minimum absolute atomic E-state index is 0.00354. The van der Waals surface area contributed by atoms with Gasteiger partial charge in [0.05, 0.1) is 18.0 Å². The minimum atomic E-state index is -0.965. The van der Waals surface area contributed by atoms with E-state index in [1.165, 1.54) is 12.1 Å². The molecule has 1 N–H and O–H groups in total. The number of hydrogen-bond donors (Lipinski definition) is 1. The molecule has 0 heterocycles. The van der Waals surface area contributed by atoms with Crippen molar-refractivity contribution < 1.29 is 14.7 Å². The van der Waals surface area contributed by atoms with E-state index in [9.17, 15) is 9.59 Å². The monoisotopic (exact) mass is 311 g/mol. The lowest BCUT2D eigenvalue weighted by Crippen LogP contribution is -2.31. The highest BCUT2D eigenvalue weighted by Crippen LogP contribution is 2.22. The van der Waals surface area contributed by atoms with E-state index in [1.54, 1.807) is 24.1 Å². The van der Waals surface area contributed by atoms with Crippen LogP contribution in [0.2, 0.25) is 0 Å². The fourth-order valence-electron chi connectivity index (χ4n) is 2.54. The van der Waals surface area contributed by atoms with Gasteiger partial charge in [0, 0.05) is 7.05 Å². The van der Waals surface area contributed by atoms with Crippen molar-refractivity contribution >= 4 is 11.9 Å². The summed E-state index contributed by atoms with van der Waals surface area (Å²) in [6.07, 6.45) is 0.257. The Labute approximate surface area is 136 Å². The van der Waals surface area contributed by atoms with Gasteiger partial charge in [-0.2, -0.15) is 0 Å². The Morgan fingerprint density at radius 2 is 1.70 bits per heavy atom. The van der Waals surface area contributed by atoms with Gasteiger partial charge in [0.1, 0.15) is 0 Å². The van der Waals surface area contributed by atoms with Crippen LogP contribution in [-0.2, 0) is 11.2 Å². The lowest BCUT2D eigenvalue weighted by atomic mass is 10.0. The third-order valence-corrected chi connectivity index (χ3v) is 4.17. The van der Waals surface area contributed by atoms with E-state index < -0.39 is 5.97 Å². The molecule has 4 heteroatoms. The van der Waals surface area contributed by atoms with E-state index in [0.717, 1.165) is 16.7 Å². The number of carbonyl (C=O) groups is 2. The molecule has 1 atom stereocenters. The van der Waals surface area contributed by atoms with Gasteiger partial charge >= 0.3 is 5.97 Å². The highest BCUT2D eigenvalue weighted by atomic mass is 16.4. The van der Waals surface area contributed by atoms with E-state index >= 15 is 0 Å². The predicted molar refractivity (Wildman–Crippen MR) is 89.5 cm³/mol. The molecule has 0 radical (unpaired) electrons. The van der Waals surface area contributed by atoms with Crippen molar-refractivity contribution in [2.24, 2.45) is 0 Å². The van der Waals surface area contributed by atoms with Crippen LogP contribution in [0.25, 0.3) is 0 Å². The molecule has 1 amide bonds. The number of nitrogens with zero attached hydrogens (tertiary/aromatic N) is 1. The van der Waals surface area contributed by atoms with Crippen LogP contribution in [0.3, 0.4) is 0 Å². The number of benzene rings is 2. The smallest absolute Gasteiger partial charge is 0.335 e. The van der Waals surface area contributed by atoms with Crippen molar-refractivity contribution in [1.29, 1.82) is 0 Å². The Hall–Kier alpha value is -2.62. The third-order valence-electron chi connectivity index (χ3n) is 4.17. The molecule has 0 aromatic heterocycles. The van der Waals surface area contributed by atoms with Crippen LogP contribution < -0.4 is 0 Å². The fraction of sp³-hybridized carbons (Fsp3) is 0.263. The second-order valence-corrected chi connectivity index (χ2v) is 5.72. The average molecular weight is 311 g/mol. The zero-order chi connectivity index (χ0) is 17.0. The van der Waals surface area contributed by atoms with Crippen LogP contribution >= 0.6 is 0 Å². The van der Waals surface area contributed by atoms with Crippen LogP contribution in [0.5, 0.6) is 0 Å². The van der Waals surface area contributed by atoms with Gasteiger partial charge in [0.15, 0.2) is 0 Å². The average Bonchev–Trinajstić information content (AvgIpc) is 2.54. The molecule has 2 aromatic carbocycles. The zero-order valence-electron chi connectivity index (χ0n) is 13.6. The summed E-state index contributed by atoms with van der Waals surface area (Å²) in [6.45, 7) is 4.04. The second-order valence-electron chi connectivity index (χ2n) is 5.72. The van der Waals surface area contributed by atoms with E-state index in [-0.39, 0.29) is 23.9 Å². The lowest BCUT2D eigenvalue weighted by molar-refractivity contribution is -0.131. The summed E-state index contributed by atoms with van der Waals surface area (Å²) in [6, 6.07) is 14.4. The molecule has 4 nitrogen and oxygen atoms in total. The molecule has 0 spiro atoms. The van der Waals surface area contributed by atoms with Gasteiger partial charge < -0.3 is 10.0 Å². The summed E-state index contributed by atoms with van der Waals surface area (Å²) in [5.41, 5.74) is 3.32. The summed E-state index contributed by atoms with van der Waals surface area (Å²) in [5, 5.41) is 8.90. The Bertz CT molecular complexity index is 707. The number of carbonyl (C=O) groups excluding carboxylic acids is 1. The highest BCUT2D eigenvalue weighted by Gasteiger charge is 2.18. The first-order valence-electron chi connectivity index (χ1n) is 7.53. The van der Waals surface area contributed by atoms with Crippen LogP contribution in [0.4, 0.5) is 0 Å². The third kappa shape index (κ3) is 3.97. The highest BCUT2D eigenvalue weighted by molar-refractivity contribution is 5.87. The van der Waals surface area contributed by atoms with Crippen LogP contribution in [0.15, 0.2) is 48.5 Å². The number of hydrogen-bond acceptors (Lipinski definition) is 2. The molecule has 0 aliphatic carbocycles. The lowest BCUT2D eigenvalue weighted by Gasteiger charge is -2.26. The molecule has 23 heavy (non-hydrogen) atoms. The van der Waals surface area contributed by atoms with Crippen molar-refractivity contribution in [1.82, 2.24) is 4.90 Å². The molecule has 2 aromatic rings. The van der Waals surface area contributed by atoms with E-state index in [4.69, 9.17) is 5.11 Å². The quantitative estimate of drug-likeness (QED) is 0.920. The van der Waals surface area contributed by atoms with Crippen molar-refractivity contribution in [3.8, 4) is 0 Å². The molecule has 120 valence electrons. The van der Waals surface area contributed by atoms with Gasteiger partial charge in [-0.05, 0) is 42.7 Å². The van der Waals surface area contributed by atoms with Gasteiger partial charge in [-0.3, -0.25) is 4.79 Å². The maximum atomic E-state index is 12.5. The molecular formula is C19H21NO3. The Balaban J connectivity index is 2.07.